The summed E-state index contributed by atoms with van der Waals surface area (Å²) in [5.41, 5.74) is 4.38. The van der Waals surface area contributed by atoms with Gasteiger partial charge in [-0.2, -0.15) is 5.26 Å². The number of aromatic nitrogens is 1. The van der Waals surface area contributed by atoms with E-state index in [0.29, 0.717) is 13.0 Å². The highest BCUT2D eigenvalue weighted by atomic mass is 32.2. The van der Waals surface area contributed by atoms with Crippen LogP contribution in [0.3, 0.4) is 0 Å². The van der Waals surface area contributed by atoms with Crippen LogP contribution in [0.15, 0.2) is 94.4 Å². The average molecular weight is 438 g/mol. The number of hydrogen-bond acceptors (Lipinski definition) is 3. The fraction of sp³-hybridized carbons (Fsp3) is 0.111. The number of carbonyl (C=O) groups is 1. The van der Waals surface area contributed by atoms with Gasteiger partial charge in [0.1, 0.15) is 11.6 Å². The van der Waals surface area contributed by atoms with E-state index in [9.17, 15) is 10.1 Å². The van der Waals surface area contributed by atoms with Gasteiger partial charge in [0, 0.05) is 33.4 Å². The maximum Gasteiger partial charge on any atom is 0.261 e. The first kappa shape index (κ1) is 21.5. The summed E-state index contributed by atoms with van der Waals surface area (Å²) in [6, 6.07) is 26.3. The van der Waals surface area contributed by atoms with E-state index in [1.807, 2.05) is 54.7 Å². The number of para-hydroxylation sites is 1. The Hall–Kier alpha value is -3.75. The number of H-pyrrole nitrogens is 1. The molecule has 0 aliphatic heterocycles. The molecule has 0 saturated carbocycles. The number of aromatic amines is 1. The summed E-state index contributed by atoms with van der Waals surface area (Å²) < 4.78 is 0. The van der Waals surface area contributed by atoms with Gasteiger partial charge in [0.2, 0.25) is 0 Å². The number of nitrogens with zero attached hydrogens (tertiary/aromatic N) is 1. The van der Waals surface area contributed by atoms with Crippen LogP contribution >= 0.6 is 11.8 Å². The molecular weight excluding hydrogens is 414 g/mol. The van der Waals surface area contributed by atoms with Crippen LogP contribution in [-0.2, 0) is 11.2 Å². The molecule has 0 atom stereocenters. The lowest BCUT2D eigenvalue weighted by molar-refractivity contribution is -0.117. The number of nitrogens with one attached hydrogen (secondary N) is 2. The van der Waals surface area contributed by atoms with Gasteiger partial charge in [-0.15, -0.1) is 0 Å². The van der Waals surface area contributed by atoms with Crippen molar-refractivity contribution in [1.29, 1.82) is 5.26 Å². The summed E-state index contributed by atoms with van der Waals surface area (Å²) >= 11 is 1.68. The third-order valence-electron chi connectivity index (χ3n) is 5.17. The van der Waals surface area contributed by atoms with Crippen molar-refractivity contribution in [2.24, 2.45) is 0 Å². The number of fused-ring (bicyclic) bond motifs is 1. The van der Waals surface area contributed by atoms with Crippen LogP contribution in [-0.4, -0.2) is 17.4 Å². The molecule has 1 heterocycles. The number of hydrogen-bond donors (Lipinski definition) is 2. The standard InChI is InChI=1S/C27H23N3OS/c1-19-6-10-23(11-7-19)32-24-12-8-20(9-13-24)16-22(17-28)27(31)29-15-14-21-18-30-26-5-3-2-4-25(21)26/h2-13,16,18,30H,14-15H2,1H3,(H,29,31)/b22-16-. The molecule has 5 heteroatoms. The lowest BCUT2D eigenvalue weighted by Crippen LogP contribution is -2.26. The Labute approximate surface area is 192 Å². The number of aryl methyl sites for hydroxylation is 1. The highest BCUT2D eigenvalue weighted by Gasteiger charge is 2.10. The van der Waals surface area contributed by atoms with Crippen molar-refractivity contribution >= 4 is 34.6 Å². The minimum atomic E-state index is -0.356. The number of carbonyl (C=O) groups excluding carboxylic acids is 1. The van der Waals surface area contributed by atoms with E-state index >= 15 is 0 Å². The van der Waals surface area contributed by atoms with Crippen LogP contribution in [0.4, 0.5) is 0 Å². The van der Waals surface area contributed by atoms with Gasteiger partial charge in [0.25, 0.3) is 5.91 Å². The molecule has 0 radical (unpaired) electrons. The van der Waals surface area contributed by atoms with Crippen LogP contribution < -0.4 is 5.32 Å². The average Bonchev–Trinajstić information content (AvgIpc) is 3.23. The van der Waals surface area contributed by atoms with E-state index < -0.39 is 0 Å². The van der Waals surface area contributed by atoms with Gasteiger partial charge in [0.05, 0.1) is 0 Å². The third-order valence-corrected chi connectivity index (χ3v) is 6.18. The molecule has 0 unspecified atom stereocenters. The lowest BCUT2D eigenvalue weighted by Gasteiger charge is -2.05. The van der Waals surface area contributed by atoms with E-state index in [4.69, 9.17) is 0 Å². The topological polar surface area (TPSA) is 68.7 Å². The Kier molecular flexibility index (Phi) is 6.74. The largest absolute Gasteiger partial charge is 0.361 e. The molecule has 0 saturated heterocycles. The molecule has 0 spiro atoms. The van der Waals surface area contributed by atoms with Crippen LogP contribution in [0.1, 0.15) is 16.7 Å². The second-order valence-electron chi connectivity index (χ2n) is 7.52. The second-order valence-corrected chi connectivity index (χ2v) is 8.67. The third kappa shape index (κ3) is 5.29. The quantitative estimate of drug-likeness (QED) is 0.280. The van der Waals surface area contributed by atoms with Crippen molar-refractivity contribution in [1.82, 2.24) is 10.3 Å². The molecule has 4 rings (SSSR count). The van der Waals surface area contributed by atoms with Gasteiger partial charge < -0.3 is 10.3 Å². The first-order chi connectivity index (χ1) is 15.6. The molecule has 1 aromatic heterocycles. The highest BCUT2D eigenvalue weighted by molar-refractivity contribution is 7.99. The zero-order chi connectivity index (χ0) is 22.3. The summed E-state index contributed by atoms with van der Waals surface area (Å²) in [4.78, 5) is 18.0. The molecule has 0 bridgehead atoms. The maximum atomic E-state index is 12.5. The zero-order valence-electron chi connectivity index (χ0n) is 17.8. The molecule has 32 heavy (non-hydrogen) atoms. The smallest absolute Gasteiger partial charge is 0.261 e. The van der Waals surface area contributed by atoms with Crippen LogP contribution in [0.2, 0.25) is 0 Å². The maximum absolute atomic E-state index is 12.5. The molecular formula is C27H23N3OS. The van der Waals surface area contributed by atoms with Crippen LogP contribution in [0, 0.1) is 18.3 Å². The summed E-state index contributed by atoms with van der Waals surface area (Å²) in [6.45, 7) is 2.53. The predicted molar refractivity (Wildman–Crippen MR) is 130 cm³/mol. The summed E-state index contributed by atoms with van der Waals surface area (Å²) in [5.74, 6) is -0.356. The van der Waals surface area contributed by atoms with Crippen LogP contribution in [0.5, 0.6) is 0 Å². The zero-order valence-corrected chi connectivity index (χ0v) is 18.6. The Bertz CT molecular complexity index is 1300. The minimum absolute atomic E-state index is 0.0999. The fourth-order valence-electron chi connectivity index (χ4n) is 3.43. The van der Waals surface area contributed by atoms with Gasteiger partial charge in [-0.3, -0.25) is 4.79 Å². The van der Waals surface area contributed by atoms with E-state index in [1.54, 1.807) is 17.8 Å². The Morgan fingerprint density at radius 3 is 2.44 bits per heavy atom. The van der Waals surface area contributed by atoms with E-state index in [0.717, 1.165) is 26.9 Å². The molecule has 4 aromatic rings. The van der Waals surface area contributed by atoms with Crippen molar-refractivity contribution in [3.8, 4) is 6.07 Å². The van der Waals surface area contributed by atoms with E-state index in [-0.39, 0.29) is 11.5 Å². The van der Waals surface area contributed by atoms with Gasteiger partial charge in [-0.05, 0) is 60.9 Å². The van der Waals surface area contributed by atoms with E-state index in [1.165, 1.54) is 10.5 Å². The van der Waals surface area contributed by atoms with Crippen molar-refractivity contribution < 1.29 is 4.79 Å². The van der Waals surface area contributed by atoms with Crippen LogP contribution in [0.25, 0.3) is 17.0 Å². The molecule has 1 amide bonds. The van der Waals surface area contributed by atoms with Gasteiger partial charge in [0.15, 0.2) is 0 Å². The van der Waals surface area contributed by atoms with Gasteiger partial charge >= 0.3 is 0 Å². The van der Waals surface area contributed by atoms with E-state index in [2.05, 4.69) is 47.6 Å². The molecule has 0 aliphatic carbocycles. The van der Waals surface area contributed by atoms with Crippen molar-refractivity contribution in [2.75, 3.05) is 6.54 Å². The minimum Gasteiger partial charge on any atom is -0.361 e. The molecule has 158 valence electrons. The molecule has 0 fully saturated rings. The molecule has 0 aliphatic rings. The Morgan fingerprint density at radius 2 is 1.72 bits per heavy atom. The fourth-order valence-corrected chi connectivity index (χ4v) is 4.25. The van der Waals surface area contributed by atoms with Gasteiger partial charge in [-0.25, -0.2) is 0 Å². The first-order valence-corrected chi connectivity index (χ1v) is 11.2. The molecule has 4 nitrogen and oxygen atoms in total. The predicted octanol–water partition coefficient (Wildman–Crippen LogP) is 5.89. The Balaban J connectivity index is 1.35. The highest BCUT2D eigenvalue weighted by Crippen LogP contribution is 2.28. The summed E-state index contributed by atoms with van der Waals surface area (Å²) in [6.07, 6.45) is 4.29. The Morgan fingerprint density at radius 1 is 1.03 bits per heavy atom. The normalized spacial score (nSPS) is 11.3. The number of amides is 1. The number of rotatable bonds is 7. The van der Waals surface area contributed by atoms with Crippen molar-refractivity contribution in [3.05, 3.63) is 101 Å². The first-order valence-electron chi connectivity index (χ1n) is 10.4. The molecule has 3 aromatic carbocycles. The molecule has 2 N–H and O–H groups in total. The SMILES string of the molecule is Cc1ccc(Sc2ccc(/C=C(/C#N)C(=O)NCCc3c[nH]c4ccccc34)cc2)cc1. The van der Waals surface area contributed by atoms with Crippen molar-refractivity contribution in [3.63, 3.8) is 0 Å². The summed E-state index contributed by atoms with van der Waals surface area (Å²) in [7, 11) is 0. The second kappa shape index (κ2) is 10.0. The lowest BCUT2D eigenvalue weighted by atomic mass is 10.1. The van der Waals surface area contributed by atoms with Gasteiger partial charge in [-0.1, -0.05) is 59.8 Å². The van der Waals surface area contributed by atoms with Crippen molar-refractivity contribution in [2.45, 2.75) is 23.1 Å². The number of benzene rings is 3. The monoisotopic (exact) mass is 437 g/mol. The number of nitriles is 1. The summed E-state index contributed by atoms with van der Waals surface area (Å²) in [5, 5.41) is 13.5.